The lowest BCUT2D eigenvalue weighted by molar-refractivity contribution is -0.120. The number of nitrogens with one attached hydrogen (secondary N) is 2. The lowest BCUT2D eigenvalue weighted by atomic mass is 10.4. The summed E-state index contributed by atoms with van der Waals surface area (Å²) in [6.45, 7) is 5.06. The Labute approximate surface area is 88.5 Å². The zero-order valence-electron chi connectivity index (χ0n) is 8.54. The SMILES string of the molecule is CC(C)NC(=O)CNCc1cccs1. The maximum atomic E-state index is 11.2. The topological polar surface area (TPSA) is 41.1 Å². The molecule has 2 N–H and O–H groups in total. The molecule has 0 aliphatic carbocycles. The maximum absolute atomic E-state index is 11.2. The average Bonchev–Trinajstić information content (AvgIpc) is 2.55. The van der Waals surface area contributed by atoms with Crippen molar-refractivity contribution in [2.24, 2.45) is 0 Å². The van der Waals surface area contributed by atoms with Crippen LogP contribution >= 0.6 is 11.3 Å². The first kappa shape index (κ1) is 11.2. The smallest absolute Gasteiger partial charge is 0.234 e. The van der Waals surface area contributed by atoms with Crippen molar-refractivity contribution >= 4 is 17.2 Å². The zero-order valence-corrected chi connectivity index (χ0v) is 9.36. The Hall–Kier alpha value is -0.870. The molecule has 1 rings (SSSR count). The molecule has 0 spiro atoms. The molecular weight excluding hydrogens is 196 g/mol. The van der Waals surface area contributed by atoms with E-state index in [-0.39, 0.29) is 11.9 Å². The highest BCUT2D eigenvalue weighted by molar-refractivity contribution is 7.09. The van der Waals surface area contributed by atoms with Gasteiger partial charge in [0.2, 0.25) is 5.91 Å². The van der Waals surface area contributed by atoms with E-state index in [0.717, 1.165) is 6.54 Å². The number of carbonyl (C=O) groups excluding carboxylic acids is 1. The summed E-state index contributed by atoms with van der Waals surface area (Å²) < 4.78 is 0. The van der Waals surface area contributed by atoms with Crippen LogP contribution in [0.2, 0.25) is 0 Å². The lowest BCUT2D eigenvalue weighted by Crippen LogP contribution is -2.37. The van der Waals surface area contributed by atoms with Crippen LogP contribution in [-0.2, 0) is 11.3 Å². The van der Waals surface area contributed by atoms with Crippen molar-refractivity contribution in [3.05, 3.63) is 22.4 Å². The van der Waals surface area contributed by atoms with Crippen molar-refractivity contribution in [3.8, 4) is 0 Å². The largest absolute Gasteiger partial charge is 0.353 e. The van der Waals surface area contributed by atoms with Crippen molar-refractivity contribution in [1.82, 2.24) is 10.6 Å². The van der Waals surface area contributed by atoms with Crippen molar-refractivity contribution in [2.75, 3.05) is 6.54 Å². The van der Waals surface area contributed by atoms with Crippen LogP contribution in [0.5, 0.6) is 0 Å². The van der Waals surface area contributed by atoms with Gasteiger partial charge in [-0.2, -0.15) is 0 Å². The van der Waals surface area contributed by atoms with Gasteiger partial charge in [-0.1, -0.05) is 6.07 Å². The Bertz CT molecular complexity index is 270. The van der Waals surface area contributed by atoms with Gasteiger partial charge in [-0.15, -0.1) is 11.3 Å². The highest BCUT2D eigenvalue weighted by atomic mass is 32.1. The molecule has 0 unspecified atom stereocenters. The Morgan fingerprint density at radius 3 is 2.93 bits per heavy atom. The van der Waals surface area contributed by atoms with Crippen LogP contribution in [0.25, 0.3) is 0 Å². The third kappa shape index (κ3) is 4.39. The molecule has 0 saturated carbocycles. The second-order valence-corrected chi connectivity index (χ2v) is 4.44. The molecule has 0 saturated heterocycles. The van der Waals surface area contributed by atoms with E-state index in [4.69, 9.17) is 0 Å². The zero-order chi connectivity index (χ0) is 10.4. The minimum atomic E-state index is 0.0524. The third-order valence-electron chi connectivity index (χ3n) is 1.61. The van der Waals surface area contributed by atoms with E-state index in [1.54, 1.807) is 11.3 Å². The number of thiophene rings is 1. The van der Waals surface area contributed by atoms with Crippen LogP contribution in [0, 0.1) is 0 Å². The van der Waals surface area contributed by atoms with Crippen molar-refractivity contribution in [2.45, 2.75) is 26.4 Å². The minimum absolute atomic E-state index is 0.0524. The number of carbonyl (C=O) groups is 1. The van der Waals surface area contributed by atoms with E-state index in [1.165, 1.54) is 4.88 Å². The molecule has 0 fully saturated rings. The van der Waals surface area contributed by atoms with Gasteiger partial charge in [0.05, 0.1) is 6.54 Å². The molecular formula is C10H16N2OS. The highest BCUT2D eigenvalue weighted by Crippen LogP contribution is 2.06. The Balaban J connectivity index is 2.12. The van der Waals surface area contributed by atoms with Gasteiger partial charge in [-0.05, 0) is 25.3 Å². The normalized spacial score (nSPS) is 10.5. The molecule has 1 aromatic rings. The van der Waals surface area contributed by atoms with Crippen LogP contribution in [0.15, 0.2) is 17.5 Å². The Morgan fingerprint density at radius 1 is 1.57 bits per heavy atom. The lowest BCUT2D eigenvalue weighted by Gasteiger charge is -2.08. The fourth-order valence-corrected chi connectivity index (χ4v) is 1.76. The summed E-state index contributed by atoms with van der Waals surface area (Å²) in [7, 11) is 0. The van der Waals surface area contributed by atoms with Crippen LogP contribution in [-0.4, -0.2) is 18.5 Å². The number of hydrogen-bond acceptors (Lipinski definition) is 3. The first-order chi connectivity index (χ1) is 6.68. The monoisotopic (exact) mass is 212 g/mol. The van der Waals surface area contributed by atoms with Gasteiger partial charge in [-0.25, -0.2) is 0 Å². The molecule has 4 heteroatoms. The van der Waals surface area contributed by atoms with Gasteiger partial charge in [0.1, 0.15) is 0 Å². The number of hydrogen-bond donors (Lipinski definition) is 2. The van der Waals surface area contributed by atoms with Gasteiger partial charge in [-0.3, -0.25) is 4.79 Å². The first-order valence-corrected chi connectivity index (χ1v) is 5.59. The van der Waals surface area contributed by atoms with Gasteiger partial charge < -0.3 is 10.6 Å². The predicted molar refractivity (Wildman–Crippen MR) is 59.3 cm³/mol. The quantitative estimate of drug-likeness (QED) is 0.774. The van der Waals surface area contributed by atoms with Crippen LogP contribution < -0.4 is 10.6 Å². The average molecular weight is 212 g/mol. The maximum Gasteiger partial charge on any atom is 0.234 e. The van der Waals surface area contributed by atoms with Gasteiger partial charge in [0.25, 0.3) is 0 Å². The van der Waals surface area contributed by atoms with Crippen molar-refractivity contribution < 1.29 is 4.79 Å². The van der Waals surface area contributed by atoms with Crippen LogP contribution in [0.4, 0.5) is 0 Å². The first-order valence-electron chi connectivity index (χ1n) is 4.71. The molecule has 1 amide bonds. The second-order valence-electron chi connectivity index (χ2n) is 3.41. The van der Waals surface area contributed by atoms with Gasteiger partial charge in [0, 0.05) is 17.5 Å². The fourth-order valence-electron chi connectivity index (χ4n) is 1.09. The van der Waals surface area contributed by atoms with E-state index in [0.29, 0.717) is 6.54 Å². The predicted octanol–water partition coefficient (Wildman–Crippen LogP) is 1.36. The summed E-state index contributed by atoms with van der Waals surface area (Å²) in [4.78, 5) is 12.5. The van der Waals surface area contributed by atoms with E-state index in [2.05, 4.69) is 16.7 Å². The van der Waals surface area contributed by atoms with E-state index in [1.807, 2.05) is 25.3 Å². The van der Waals surface area contributed by atoms with Crippen molar-refractivity contribution in [3.63, 3.8) is 0 Å². The molecule has 0 aliphatic heterocycles. The molecule has 0 aromatic carbocycles. The summed E-state index contributed by atoms with van der Waals surface area (Å²) >= 11 is 1.69. The summed E-state index contributed by atoms with van der Waals surface area (Å²) in [5.74, 6) is 0.0524. The van der Waals surface area contributed by atoms with E-state index in [9.17, 15) is 4.79 Å². The number of rotatable bonds is 5. The molecule has 0 atom stereocenters. The molecule has 1 aromatic heterocycles. The molecule has 14 heavy (non-hydrogen) atoms. The summed E-state index contributed by atoms with van der Waals surface area (Å²) in [6.07, 6.45) is 0. The summed E-state index contributed by atoms with van der Waals surface area (Å²) in [5.41, 5.74) is 0. The molecule has 0 bridgehead atoms. The van der Waals surface area contributed by atoms with Crippen LogP contribution in [0.3, 0.4) is 0 Å². The van der Waals surface area contributed by atoms with Gasteiger partial charge >= 0.3 is 0 Å². The Morgan fingerprint density at radius 2 is 2.36 bits per heavy atom. The molecule has 0 radical (unpaired) electrons. The van der Waals surface area contributed by atoms with E-state index < -0.39 is 0 Å². The van der Waals surface area contributed by atoms with E-state index >= 15 is 0 Å². The molecule has 0 aliphatic rings. The molecule has 3 nitrogen and oxygen atoms in total. The van der Waals surface area contributed by atoms with Crippen LogP contribution in [0.1, 0.15) is 18.7 Å². The highest BCUT2D eigenvalue weighted by Gasteiger charge is 2.01. The minimum Gasteiger partial charge on any atom is -0.353 e. The van der Waals surface area contributed by atoms with Gasteiger partial charge in [0.15, 0.2) is 0 Å². The summed E-state index contributed by atoms with van der Waals surface area (Å²) in [5, 5.41) is 7.95. The van der Waals surface area contributed by atoms with Crippen molar-refractivity contribution in [1.29, 1.82) is 0 Å². The molecule has 1 heterocycles. The second kappa shape index (κ2) is 5.78. The summed E-state index contributed by atoms with van der Waals surface area (Å²) in [6, 6.07) is 4.28. The molecule has 78 valence electrons. The number of amides is 1. The third-order valence-corrected chi connectivity index (χ3v) is 2.49. The Kier molecular flexibility index (Phi) is 4.62. The standard InChI is InChI=1S/C10H16N2OS/c1-8(2)12-10(13)7-11-6-9-4-3-5-14-9/h3-5,8,11H,6-7H2,1-2H3,(H,12,13). The fraction of sp³-hybridized carbons (Fsp3) is 0.500.